The van der Waals surface area contributed by atoms with E-state index in [0.29, 0.717) is 12.0 Å². The van der Waals surface area contributed by atoms with Crippen molar-refractivity contribution in [3.8, 4) is 0 Å². The average molecular weight is 259 g/mol. The fourth-order valence-electron chi connectivity index (χ4n) is 2.88. The van der Waals surface area contributed by atoms with Crippen molar-refractivity contribution in [1.29, 1.82) is 0 Å². The molecule has 5 nitrogen and oxygen atoms in total. The number of rotatable bonds is 2. The van der Waals surface area contributed by atoms with Gasteiger partial charge in [-0.15, -0.1) is 10.2 Å². The van der Waals surface area contributed by atoms with Gasteiger partial charge in [-0.2, -0.15) is 0 Å². The quantitative estimate of drug-likeness (QED) is 0.895. The number of likely N-dealkylation sites (tertiary alicyclic amines) is 1. The summed E-state index contributed by atoms with van der Waals surface area (Å²) in [7, 11) is 0. The third kappa shape index (κ3) is 2.30. The molecule has 0 radical (unpaired) electrons. The molecule has 1 aliphatic heterocycles. The Bertz CT molecular complexity index is 566. The highest BCUT2D eigenvalue weighted by Crippen LogP contribution is 2.28. The van der Waals surface area contributed by atoms with Gasteiger partial charge in [0.15, 0.2) is 5.65 Å². The second kappa shape index (κ2) is 4.81. The maximum Gasteiger partial charge on any atom is 0.162 e. The summed E-state index contributed by atoms with van der Waals surface area (Å²) in [6, 6.07) is 4.42. The topological polar surface area (TPSA) is 59.5 Å². The largest absolute Gasteiger partial charge is 0.399 e. The molecule has 19 heavy (non-hydrogen) atoms. The summed E-state index contributed by atoms with van der Waals surface area (Å²) in [5, 5.41) is 8.60. The number of anilines is 1. The number of piperidine rings is 1. The fraction of sp³-hybridized carbons (Fsp3) is 0.571. The van der Waals surface area contributed by atoms with E-state index in [9.17, 15) is 0 Å². The van der Waals surface area contributed by atoms with Crippen molar-refractivity contribution < 1.29 is 0 Å². The van der Waals surface area contributed by atoms with Crippen LogP contribution in [0.1, 0.15) is 38.4 Å². The Morgan fingerprint density at radius 2 is 2.00 bits per heavy atom. The van der Waals surface area contributed by atoms with Gasteiger partial charge in [0.2, 0.25) is 0 Å². The van der Waals surface area contributed by atoms with Crippen LogP contribution < -0.4 is 5.73 Å². The number of hydrogen-bond donors (Lipinski definition) is 1. The number of pyridine rings is 1. The zero-order chi connectivity index (χ0) is 13.4. The molecule has 0 bridgehead atoms. The van der Waals surface area contributed by atoms with Gasteiger partial charge >= 0.3 is 0 Å². The molecule has 5 heteroatoms. The molecular formula is C14H21N5. The molecule has 1 fully saturated rings. The molecule has 0 aliphatic carbocycles. The molecule has 3 heterocycles. The van der Waals surface area contributed by atoms with Crippen LogP contribution in [0.5, 0.6) is 0 Å². The van der Waals surface area contributed by atoms with Crippen molar-refractivity contribution in [1.82, 2.24) is 19.5 Å². The van der Waals surface area contributed by atoms with Crippen LogP contribution in [0.15, 0.2) is 18.3 Å². The maximum absolute atomic E-state index is 5.78. The summed E-state index contributed by atoms with van der Waals surface area (Å²) in [4.78, 5) is 2.53. The smallest absolute Gasteiger partial charge is 0.162 e. The van der Waals surface area contributed by atoms with Gasteiger partial charge < -0.3 is 10.6 Å². The van der Waals surface area contributed by atoms with Gasteiger partial charge in [0, 0.05) is 29.9 Å². The summed E-state index contributed by atoms with van der Waals surface area (Å²) in [6.07, 6.45) is 4.29. The zero-order valence-corrected chi connectivity index (χ0v) is 11.6. The minimum atomic E-state index is 0.508. The van der Waals surface area contributed by atoms with E-state index in [1.54, 1.807) is 0 Å². The first kappa shape index (κ1) is 12.4. The molecule has 0 saturated carbocycles. The SMILES string of the molecule is CC(C)N1CCC(c2nnc3cc(N)ccn23)CC1. The van der Waals surface area contributed by atoms with Crippen molar-refractivity contribution in [2.75, 3.05) is 18.8 Å². The Morgan fingerprint density at radius 1 is 1.26 bits per heavy atom. The van der Waals surface area contributed by atoms with Crippen LogP contribution in [0.2, 0.25) is 0 Å². The van der Waals surface area contributed by atoms with E-state index in [1.807, 2.05) is 18.3 Å². The first-order valence-electron chi connectivity index (χ1n) is 6.99. The average Bonchev–Trinajstić information content (AvgIpc) is 2.81. The van der Waals surface area contributed by atoms with E-state index in [-0.39, 0.29) is 0 Å². The summed E-state index contributed by atoms with van der Waals surface area (Å²) in [5.41, 5.74) is 7.36. The van der Waals surface area contributed by atoms with Crippen LogP contribution in [0.25, 0.3) is 5.65 Å². The molecule has 0 atom stereocenters. The van der Waals surface area contributed by atoms with Crippen LogP contribution >= 0.6 is 0 Å². The molecule has 2 aromatic heterocycles. The maximum atomic E-state index is 5.78. The molecule has 3 rings (SSSR count). The van der Waals surface area contributed by atoms with Crippen molar-refractivity contribution in [2.45, 2.75) is 38.6 Å². The standard InChI is InChI=1S/C14H21N5/c1-10(2)18-6-3-11(4-7-18)14-17-16-13-9-12(15)5-8-19(13)14/h5,8-11H,3-4,6-7,15H2,1-2H3. The summed E-state index contributed by atoms with van der Waals surface area (Å²) < 4.78 is 2.08. The third-order valence-corrected chi connectivity index (χ3v) is 4.09. The van der Waals surface area contributed by atoms with Crippen molar-refractivity contribution in [2.24, 2.45) is 0 Å². The van der Waals surface area contributed by atoms with E-state index in [2.05, 4.69) is 33.3 Å². The monoisotopic (exact) mass is 259 g/mol. The fourth-order valence-corrected chi connectivity index (χ4v) is 2.88. The number of nitrogens with zero attached hydrogens (tertiary/aromatic N) is 4. The van der Waals surface area contributed by atoms with Gasteiger partial charge in [-0.05, 0) is 45.8 Å². The molecule has 2 N–H and O–H groups in total. The van der Waals surface area contributed by atoms with Gasteiger partial charge in [0.1, 0.15) is 5.82 Å². The Labute approximate surface area is 113 Å². The second-order valence-electron chi connectivity index (χ2n) is 5.65. The number of hydrogen-bond acceptors (Lipinski definition) is 4. The normalized spacial score (nSPS) is 18.5. The predicted molar refractivity (Wildman–Crippen MR) is 76.1 cm³/mol. The Hall–Kier alpha value is -1.62. The van der Waals surface area contributed by atoms with Crippen molar-refractivity contribution in [3.05, 3.63) is 24.2 Å². The van der Waals surface area contributed by atoms with E-state index < -0.39 is 0 Å². The van der Waals surface area contributed by atoms with Crippen molar-refractivity contribution >= 4 is 11.3 Å². The molecule has 1 saturated heterocycles. The van der Waals surface area contributed by atoms with E-state index >= 15 is 0 Å². The Balaban J connectivity index is 1.82. The first-order valence-corrected chi connectivity index (χ1v) is 6.99. The molecule has 0 amide bonds. The molecule has 1 aliphatic rings. The predicted octanol–water partition coefficient (Wildman–Crippen LogP) is 1.90. The van der Waals surface area contributed by atoms with Gasteiger partial charge in [-0.1, -0.05) is 0 Å². The van der Waals surface area contributed by atoms with E-state index in [1.165, 1.54) is 0 Å². The minimum Gasteiger partial charge on any atom is -0.399 e. The summed E-state index contributed by atoms with van der Waals surface area (Å²) in [6.45, 7) is 6.81. The lowest BCUT2D eigenvalue weighted by Gasteiger charge is -2.33. The molecular weight excluding hydrogens is 238 g/mol. The molecule has 0 aromatic carbocycles. The third-order valence-electron chi connectivity index (χ3n) is 4.09. The Morgan fingerprint density at radius 3 is 2.68 bits per heavy atom. The van der Waals surface area contributed by atoms with E-state index in [4.69, 9.17) is 5.73 Å². The lowest BCUT2D eigenvalue weighted by atomic mass is 9.95. The van der Waals surface area contributed by atoms with Gasteiger partial charge in [0.25, 0.3) is 0 Å². The highest BCUT2D eigenvalue weighted by Gasteiger charge is 2.25. The van der Waals surface area contributed by atoms with E-state index in [0.717, 1.165) is 43.1 Å². The molecule has 0 spiro atoms. The second-order valence-corrected chi connectivity index (χ2v) is 5.65. The van der Waals surface area contributed by atoms with Crippen LogP contribution in [0, 0.1) is 0 Å². The summed E-state index contributed by atoms with van der Waals surface area (Å²) in [5.74, 6) is 1.59. The van der Waals surface area contributed by atoms with Gasteiger partial charge in [0.05, 0.1) is 0 Å². The minimum absolute atomic E-state index is 0.508. The zero-order valence-electron chi connectivity index (χ0n) is 11.6. The van der Waals surface area contributed by atoms with Crippen LogP contribution in [0.3, 0.4) is 0 Å². The molecule has 2 aromatic rings. The van der Waals surface area contributed by atoms with Gasteiger partial charge in [-0.3, -0.25) is 4.40 Å². The number of fused-ring (bicyclic) bond motifs is 1. The van der Waals surface area contributed by atoms with Crippen LogP contribution in [-0.2, 0) is 0 Å². The summed E-state index contributed by atoms with van der Waals surface area (Å²) >= 11 is 0. The molecule has 0 unspecified atom stereocenters. The lowest BCUT2D eigenvalue weighted by Crippen LogP contribution is -2.38. The highest BCUT2D eigenvalue weighted by atomic mass is 15.3. The number of nitrogen functional groups attached to an aromatic ring is 1. The Kier molecular flexibility index (Phi) is 3.14. The van der Waals surface area contributed by atoms with Gasteiger partial charge in [-0.25, -0.2) is 0 Å². The number of nitrogens with two attached hydrogens (primary N) is 1. The van der Waals surface area contributed by atoms with Crippen molar-refractivity contribution in [3.63, 3.8) is 0 Å². The number of aromatic nitrogens is 3. The van der Waals surface area contributed by atoms with Crippen LogP contribution in [0.4, 0.5) is 5.69 Å². The first-order chi connectivity index (χ1) is 9.15. The van der Waals surface area contributed by atoms with Crippen LogP contribution in [-0.4, -0.2) is 38.6 Å². The molecule has 102 valence electrons. The highest BCUT2D eigenvalue weighted by molar-refractivity contribution is 5.51. The lowest BCUT2D eigenvalue weighted by molar-refractivity contribution is 0.169.